The highest BCUT2D eigenvalue weighted by Gasteiger charge is 2.40. The molecule has 1 amide bonds. The minimum atomic E-state index is -4.61. The number of carbonyl (C=O) groups is 1. The number of nitrogens with one attached hydrogen (secondary N) is 1. The first-order chi connectivity index (χ1) is 13.1. The summed E-state index contributed by atoms with van der Waals surface area (Å²) in [6, 6.07) is -0.0684. The Morgan fingerprint density at radius 1 is 1.32 bits per heavy atom. The van der Waals surface area contributed by atoms with Crippen molar-refractivity contribution >= 4 is 28.5 Å². The lowest BCUT2D eigenvalue weighted by molar-refractivity contribution is -0.148. The van der Waals surface area contributed by atoms with E-state index in [0.29, 0.717) is 6.07 Å². The van der Waals surface area contributed by atoms with Gasteiger partial charge in [-0.05, 0) is 6.92 Å². The van der Waals surface area contributed by atoms with Gasteiger partial charge >= 0.3 is 6.18 Å². The summed E-state index contributed by atoms with van der Waals surface area (Å²) in [6.07, 6.45) is -3.55. The minimum absolute atomic E-state index is 0.125. The molecule has 12 heteroatoms. The molecule has 4 rings (SSSR count). The quantitative estimate of drug-likeness (QED) is 0.482. The van der Waals surface area contributed by atoms with Crippen LogP contribution >= 0.6 is 11.6 Å². The van der Waals surface area contributed by atoms with Gasteiger partial charge < -0.3 is 14.5 Å². The molecule has 0 saturated heterocycles. The zero-order valence-corrected chi connectivity index (χ0v) is 14.9. The molecule has 0 saturated carbocycles. The maximum Gasteiger partial charge on any atom is 0.449 e. The number of aromatic amines is 1. The molecule has 1 aliphatic heterocycles. The van der Waals surface area contributed by atoms with Gasteiger partial charge in [0.15, 0.2) is 11.6 Å². The summed E-state index contributed by atoms with van der Waals surface area (Å²) in [5.74, 6) is -4.01. The van der Waals surface area contributed by atoms with Gasteiger partial charge in [0.1, 0.15) is 16.4 Å². The highest BCUT2D eigenvalue weighted by atomic mass is 35.5. The Hall–Kier alpha value is -2.69. The van der Waals surface area contributed by atoms with E-state index in [9.17, 15) is 26.7 Å². The molecule has 6 nitrogen and oxygen atoms in total. The number of halogens is 6. The second-order valence-electron chi connectivity index (χ2n) is 6.43. The number of H-pyrrole nitrogens is 1. The molecule has 3 aromatic rings. The van der Waals surface area contributed by atoms with E-state index in [4.69, 9.17) is 11.6 Å². The number of imidazole rings is 2. The number of hydrogen-bond donors (Lipinski definition) is 1. The maximum absolute atomic E-state index is 13.9. The Morgan fingerprint density at radius 3 is 2.71 bits per heavy atom. The van der Waals surface area contributed by atoms with Crippen molar-refractivity contribution in [1.82, 2.24) is 24.4 Å². The lowest BCUT2D eigenvalue weighted by Crippen LogP contribution is -2.45. The van der Waals surface area contributed by atoms with Gasteiger partial charge in [0.25, 0.3) is 5.91 Å². The molecule has 0 bridgehead atoms. The monoisotopic (exact) mass is 419 g/mol. The number of benzene rings is 1. The highest BCUT2D eigenvalue weighted by molar-refractivity contribution is 6.35. The third-order valence-electron chi connectivity index (χ3n) is 4.58. The summed E-state index contributed by atoms with van der Waals surface area (Å²) in [5, 5.41) is -0.414. The Labute approximate surface area is 158 Å². The molecular formula is C16H11ClF5N5O. The molecule has 1 aromatic carbocycles. The van der Waals surface area contributed by atoms with Crippen LogP contribution in [0, 0.1) is 11.6 Å². The third-order valence-corrected chi connectivity index (χ3v) is 4.95. The Bertz CT molecular complexity index is 1110. The van der Waals surface area contributed by atoms with E-state index in [1.54, 1.807) is 6.92 Å². The molecule has 1 atom stereocenters. The van der Waals surface area contributed by atoms with E-state index in [-0.39, 0.29) is 35.6 Å². The summed E-state index contributed by atoms with van der Waals surface area (Å²) >= 11 is 5.79. The van der Waals surface area contributed by atoms with Crippen LogP contribution < -0.4 is 0 Å². The number of hydrogen-bond acceptors (Lipinski definition) is 3. The molecule has 0 fully saturated rings. The van der Waals surface area contributed by atoms with Gasteiger partial charge in [-0.3, -0.25) is 4.79 Å². The summed E-state index contributed by atoms with van der Waals surface area (Å²) < 4.78 is 67.6. The van der Waals surface area contributed by atoms with Crippen LogP contribution in [0.2, 0.25) is 5.02 Å². The third kappa shape index (κ3) is 2.81. The minimum Gasteiger partial charge on any atom is -0.332 e. The summed E-state index contributed by atoms with van der Waals surface area (Å²) in [4.78, 5) is 23.9. The van der Waals surface area contributed by atoms with E-state index >= 15 is 0 Å². The number of carbonyl (C=O) groups excluding carboxylic acids is 1. The van der Waals surface area contributed by atoms with Crippen LogP contribution in [0.4, 0.5) is 22.0 Å². The smallest absolute Gasteiger partial charge is 0.332 e. The van der Waals surface area contributed by atoms with Crippen LogP contribution in [-0.4, -0.2) is 36.4 Å². The number of rotatable bonds is 1. The zero-order chi connectivity index (χ0) is 20.4. The Balaban J connectivity index is 1.70. The average Bonchev–Trinajstić information content (AvgIpc) is 3.22. The van der Waals surface area contributed by atoms with E-state index < -0.39 is 40.6 Å². The molecule has 28 heavy (non-hydrogen) atoms. The number of amides is 1. The lowest BCUT2D eigenvalue weighted by atomic mass is 10.2. The molecule has 0 aliphatic carbocycles. The van der Waals surface area contributed by atoms with Gasteiger partial charge in [-0.2, -0.15) is 13.2 Å². The number of aromatic nitrogens is 4. The fourth-order valence-electron chi connectivity index (χ4n) is 3.24. The second-order valence-corrected chi connectivity index (χ2v) is 6.80. The number of alkyl halides is 3. The van der Waals surface area contributed by atoms with Crippen LogP contribution in [0.15, 0.2) is 12.3 Å². The summed E-state index contributed by atoms with van der Waals surface area (Å²) in [7, 11) is 0. The molecule has 148 valence electrons. The van der Waals surface area contributed by atoms with Crippen LogP contribution in [0.1, 0.15) is 29.1 Å². The Morgan fingerprint density at radius 2 is 2.04 bits per heavy atom. The summed E-state index contributed by atoms with van der Waals surface area (Å²) in [6.45, 7) is 1.29. The zero-order valence-electron chi connectivity index (χ0n) is 14.1. The number of fused-ring (bicyclic) bond motifs is 2. The molecule has 0 spiro atoms. The van der Waals surface area contributed by atoms with Crippen molar-refractivity contribution in [1.29, 1.82) is 0 Å². The van der Waals surface area contributed by atoms with Crippen LogP contribution in [0.25, 0.3) is 11.0 Å². The van der Waals surface area contributed by atoms with E-state index in [1.807, 2.05) is 0 Å². The van der Waals surface area contributed by atoms with Gasteiger partial charge in [-0.1, -0.05) is 11.6 Å². The number of nitrogens with zero attached hydrogens (tertiary/aromatic N) is 4. The van der Waals surface area contributed by atoms with Crippen LogP contribution in [-0.2, 0) is 19.3 Å². The summed E-state index contributed by atoms with van der Waals surface area (Å²) in [5.41, 5.74) is -0.273. The predicted molar refractivity (Wildman–Crippen MR) is 87.6 cm³/mol. The van der Waals surface area contributed by atoms with Gasteiger partial charge in [0.2, 0.25) is 5.82 Å². The van der Waals surface area contributed by atoms with Gasteiger partial charge in [0.05, 0.1) is 24.0 Å². The maximum atomic E-state index is 13.9. The fourth-order valence-corrected chi connectivity index (χ4v) is 3.43. The SMILES string of the molecule is C[C@H]1Cn2c(cnc2C(F)(F)F)CN1C(=O)c1nc2c(F)cc(F)c(Cl)c2[nH]1. The molecular weight excluding hydrogens is 409 g/mol. The molecule has 0 radical (unpaired) electrons. The largest absolute Gasteiger partial charge is 0.449 e. The second kappa shape index (κ2) is 6.16. The van der Waals surface area contributed by atoms with Crippen molar-refractivity contribution in [3.05, 3.63) is 46.3 Å². The highest BCUT2D eigenvalue weighted by Crippen LogP contribution is 2.32. The Kier molecular flexibility index (Phi) is 4.11. The topological polar surface area (TPSA) is 66.8 Å². The van der Waals surface area contributed by atoms with Crippen molar-refractivity contribution in [3.8, 4) is 0 Å². The van der Waals surface area contributed by atoms with Crippen LogP contribution in [0.5, 0.6) is 0 Å². The first-order valence-electron chi connectivity index (χ1n) is 8.03. The van der Waals surface area contributed by atoms with Gasteiger partial charge in [-0.25, -0.2) is 18.7 Å². The van der Waals surface area contributed by atoms with Crippen molar-refractivity contribution in [2.24, 2.45) is 0 Å². The van der Waals surface area contributed by atoms with Crippen molar-refractivity contribution in [2.75, 3.05) is 0 Å². The van der Waals surface area contributed by atoms with Gasteiger partial charge in [0, 0.05) is 18.7 Å². The molecule has 1 N–H and O–H groups in total. The van der Waals surface area contributed by atoms with Crippen molar-refractivity contribution in [2.45, 2.75) is 32.2 Å². The first-order valence-corrected chi connectivity index (χ1v) is 8.41. The molecule has 0 unspecified atom stereocenters. The molecule has 1 aliphatic rings. The van der Waals surface area contributed by atoms with Crippen molar-refractivity contribution in [3.63, 3.8) is 0 Å². The average molecular weight is 420 g/mol. The first kappa shape index (κ1) is 18.7. The normalized spacial score (nSPS) is 17.2. The van der Waals surface area contributed by atoms with E-state index in [0.717, 1.165) is 10.8 Å². The molecule has 2 aromatic heterocycles. The fraction of sp³-hybridized carbons (Fsp3) is 0.312. The van der Waals surface area contributed by atoms with Crippen LogP contribution in [0.3, 0.4) is 0 Å². The van der Waals surface area contributed by atoms with Gasteiger partial charge in [-0.15, -0.1) is 0 Å². The van der Waals surface area contributed by atoms with E-state index in [2.05, 4.69) is 15.0 Å². The lowest BCUT2D eigenvalue weighted by Gasteiger charge is -2.34. The van der Waals surface area contributed by atoms with Crippen molar-refractivity contribution < 1.29 is 26.7 Å². The molecule has 3 heterocycles. The predicted octanol–water partition coefficient (Wildman–Crippen LogP) is 3.75. The van der Waals surface area contributed by atoms with E-state index in [1.165, 1.54) is 4.90 Å². The standard InChI is InChI=1S/C16H11ClF5N5O/c1-6-4-27-7(3-23-15(27)16(20,21)22)5-26(6)14(28)13-24-11-9(19)2-8(18)10(17)12(11)25-13/h2-3,6H,4-5H2,1H3,(H,24,25)/t6-/m0/s1.